The van der Waals surface area contributed by atoms with Crippen LogP contribution in [0.15, 0.2) is 58.5 Å². The second kappa shape index (κ2) is 7.86. The molecule has 0 atom stereocenters. The summed E-state index contributed by atoms with van der Waals surface area (Å²) in [6.45, 7) is 12.8. The Morgan fingerprint density at radius 2 is 1.70 bits per heavy atom. The average molecular weight is 404 g/mol. The molecule has 0 unspecified atom stereocenters. The van der Waals surface area contributed by atoms with Crippen LogP contribution in [0, 0.1) is 6.92 Å². The molecule has 2 rings (SSSR count). The molecule has 0 amide bonds. The number of rotatable bonds is 6. The maximum atomic E-state index is 12.2. The Kier molecular flexibility index (Phi) is 6.16. The number of hydrogen-bond acceptors (Lipinski definition) is 4. The van der Waals surface area contributed by atoms with Crippen molar-refractivity contribution in [2.45, 2.75) is 50.7 Å². The summed E-state index contributed by atoms with van der Waals surface area (Å²) in [7, 11) is -5.75. The van der Waals surface area contributed by atoms with Crippen LogP contribution in [0.4, 0.5) is 0 Å². The number of sulfonamides is 1. The zero-order valence-electron chi connectivity index (χ0n) is 16.7. The smallest absolute Gasteiger partial charge is 0.250 e. The van der Waals surface area contributed by atoms with Crippen LogP contribution in [0.2, 0.25) is 18.1 Å². The lowest BCUT2D eigenvalue weighted by molar-refractivity contribution is 0.492. The van der Waals surface area contributed by atoms with Crippen molar-refractivity contribution in [1.82, 2.24) is 0 Å². The molecule has 146 valence electrons. The molecule has 0 aliphatic carbocycles. The Labute approximate surface area is 163 Å². The van der Waals surface area contributed by atoms with Crippen molar-refractivity contribution in [3.05, 3.63) is 64.5 Å². The minimum Gasteiger partial charge on any atom is -0.543 e. The van der Waals surface area contributed by atoms with Crippen LogP contribution in [0.25, 0.3) is 4.83 Å². The van der Waals surface area contributed by atoms with Gasteiger partial charge in [-0.2, -0.15) is 0 Å². The van der Waals surface area contributed by atoms with Gasteiger partial charge in [0, 0.05) is 6.21 Å². The van der Waals surface area contributed by atoms with Gasteiger partial charge >= 0.3 is 0 Å². The van der Waals surface area contributed by atoms with Gasteiger partial charge in [-0.3, -0.25) is 0 Å². The summed E-state index contributed by atoms with van der Waals surface area (Å²) in [6, 6.07) is 13.9. The summed E-state index contributed by atoms with van der Waals surface area (Å²) in [5.41, 5.74) is 1.71. The van der Waals surface area contributed by atoms with Crippen LogP contribution in [0.5, 0.6) is 5.75 Å². The second-order valence-electron chi connectivity index (χ2n) is 8.05. The zero-order chi connectivity index (χ0) is 20.3. The van der Waals surface area contributed by atoms with Crippen molar-refractivity contribution >= 4 is 24.6 Å². The highest BCUT2D eigenvalue weighted by Crippen LogP contribution is 2.37. The van der Waals surface area contributed by atoms with E-state index in [2.05, 4.69) is 43.8 Å². The molecule has 0 saturated heterocycles. The van der Waals surface area contributed by atoms with Gasteiger partial charge in [0.15, 0.2) is 0 Å². The maximum Gasteiger partial charge on any atom is 0.250 e. The van der Waals surface area contributed by atoms with E-state index in [0.717, 1.165) is 16.9 Å². The van der Waals surface area contributed by atoms with Gasteiger partial charge in [-0.25, -0.2) is 8.42 Å². The summed E-state index contributed by atoms with van der Waals surface area (Å²) in [6.07, 6.45) is 1.42. The minimum atomic E-state index is -3.80. The van der Waals surface area contributed by atoms with Gasteiger partial charge in [-0.15, -0.1) is 0 Å². The lowest BCUT2D eigenvalue weighted by atomic mass is 10.2. The van der Waals surface area contributed by atoms with Crippen molar-refractivity contribution in [1.29, 1.82) is 0 Å². The van der Waals surface area contributed by atoms with Crippen LogP contribution in [0.3, 0.4) is 0 Å². The second-order valence-corrected chi connectivity index (χ2v) is 14.4. The fourth-order valence-corrected chi connectivity index (χ4v) is 3.78. The van der Waals surface area contributed by atoms with Crippen molar-refractivity contribution in [2.24, 2.45) is 5.10 Å². The number of nitrogens with zero attached hydrogens (tertiary/aromatic N) is 2. The summed E-state index contributed by atoms with van der Waals surface area (Å²) in [4.78, 5) is 3.63. The first-order valence-corrected chi connectivity index (χ1v) is 13.1. The zero-order valence-corrected chi connectivity index (χ0v) is 18.5. The van der Waals surface area contributed by atoms with Crippen LogP contribution in [-0.2, 0) is 10.0 Å². The largest absolute Gasteiger partial charge is 0.543 e. The fourth-order valence-electron chi connectivity index (χ4n) is 2.02. The van der Waals surface area contributed by atoms with E-state index in [9.17, 15) is 8.42 Å². The molecule has 0 spiro atoms. The molecule has 7 heteroatoms. The third-order valence-corrected chi connectivity index (χ3v) is 10.3. The quantitative estimate of drug-likeness (QED) is 0.364. The summed E-state index contributed by atoms with van der Waals surface area (Å²) in [5.74, 6) is 0.756. The van der Waals surface area contributed by atoms with Gasteiger partial charge in [0.05, 0.1) is 4.90 Å². The van der Waals surface area contributed by atoms with Gasteiger partial charge in [-0.05, 0) is 54.9 Å². The van der Waals surface area contributed by atoms with Crippen LogP contribution < -0.4 is 4.43 Å². The summed E-state index contributed by atoms with van der Waals surface area (Å²) >= 11 is 0. The van der Waals surface area contributed by atoms with E-state index in [1.54, 1.807) is 12.1 Å². The van der Waals surface area contributed by atoms with Gasteiger partial charge < -0.3 is 14.4 Å². The molecule has 0 radical (unpaired) electrons. The van der Waals surface area contributed by atoms with Crippen molar-refractivity contribution in [3.63, 3.8) is 0 Å². The first-order chi connectivity index (χ1) is 12.4. The molecule has 2 aromatic carbocycles. The van der Waals surface area contributed by atoms with Crippen LogP contribution in [0.1, 0.15) is 31.9 Å². The normalized spacial score (nSPS) is 13.0. The molecular weight excluding hydrogens is 376 g/mol. The highest BCUT2D eigenvalue weighted by molar-refractivity contribution is 7.93. The lowest BCUT2D eigenvalue weighted by Crippen LogP contribution is -2.43. The molecule has 2 aromatic rings. The highest BCUT2D eigenvalue weighted by Gasteiger charge is 2.38. The molecular formula is C20H27N2O3SSi-. The van der Waals surface area contributed by atoms with Crippen LogP contribution >= 0.6 is 0 Å². The van der Waals surface area contributed by atoms with E-state index in [1.807, 2.05) is 31.2 Å². The SMILES string of the molecule is Cc1ccc(S(=O)(=O)[N-]/N=C/c2cccc(O[Si](C)(C)C(C)(C)C)c2)cc1. The molecule has 0 aliphatic rings. The van der Waals surface area contributed by atoms with E-state index in [0.29, 0.717) is 0 Å². The Hall–Kier alpha value is -2.12. The number of benzene rings is 2. The monoisotopic (exact) mass is 403 g/mol. The van der Waals surface area contributed by atoms with Crippen LogP contribution in [-0.4, -0.2) is 22.9 Å². The topological polar surface area (TPSA) is 69.8 Å². The first kappa shape index (κ1) is 21.2. The summed E-state index contributed by atoms with van der Waals surface area (Å²) in [5, 5.41) is 3.86. The number of hydrogen-bond donors (Lipinski definition) is 0. The van der Waals surface area contributed by atoms with E-state index in [4.69, 9.17) is 4.43 Å². The van der Waals surface area contributed by atoms with Gasteiger partial charge in [-0.1, -0.05) is 50.6 Å². The standard InChI is InChI=1S/C20H27N2O3SSi/c1-16-10-12-19(13-11-16)26(23,24)22-21-15-17-8-7-9-18(14-17)25-27(5,6)20(2,3)4/h7-15H,1-6H3/q-1/b21-15+. The first-order valence-electron chi connectivity index (χ1n) is 8.77. The van der Waals surface area contributed by atoms with Crippen molar-refractivity contribution in [3.8, 4) is 5.75 Å². The molecule has 0 bridgehead atoms. The minimum absolute atomic E-state index is 0.0918. The summed E-state index contributed by atoms with van der Waals surface area (Å²) < 4.78 is 30.7. The van der Waals surface area contributed by atoms with E-state index in [-0.39, 0.29) is 9.93 Å². The molecule has 0 saturated carbocycles. The van der Waals surface area contributed by atoms with Gasteiger partial charge in [0.2, 0.25) is 8.32 Å². The van der Waals surface area contributed by atoms with Gasteiger partial charge in [0.25, 0.3) is 0 Å². The third-order valence-electron chi connectivity index (χ3n) is 4.72. The maximum absolute atomic E-state index is 12.2. The predicted molar refractivity (Wildman–Crippen MR) is 114 cm³/mol. The van der Waals surface area contributed by atoms with E-state index >= 15 is 0 Å². The van der Waals surface area contributed by atoms with Crippen molar-refractivity contribution < 1.29 is 12.8 Å². The predicted octanol–water partition coefficient (Wildman–Crippen LogP) is 5.48. The van der Waals surface area contributed by atoms with E-state index < -0.39 is 18.3 Å². The Morgan fingerprint density at radius 1 is 1.07 bits per heavy atom. The molecule has 0 aromatic heterocycles. The Morgan fingerprint density at radius 3 is 2.30 bits per heavy atom. The average Bonchev–Trinajstić information content (AvgIpc) is 2.54. The third kappa shape index (κ3) is 5.67. The van der Waals surface area contributed by atoms with Crippen molar-refractivity contribution in [2.75, 3.05) is 0 Å². The Balaban J connectivity index is 2.11. The fraction of sp³-hybridized carbons (Fsp3) is 0.350. The molecule has 5 nitrogen and oxygen atoms in total. The number of aryl methyl sites for hydroxylation is 1. The van der Waals surface area contributed by atoms with E-state index in [1.165, 1.54) is 18.3 Å². The highest BCUT2D eigenvalue weighted by atomic mass is 32.2. The lowest BCUT2D eigenvalue weighted by Gasteiger charge is -2.36. The molecule has 0 heterocycles. The molecule has 0 aliphatic heterocycles. The Bertz CT molecular complexity index is 915. The van der Waals surface area contributed by atoms with Gasteiger partial charge in [0.1, 0.15) is 15.8 Å². The molecule has 0 N–H and O–H groups in total. The molecule has 27 heavy (non-hydrogen) atoms. The molecule has 0 fully saturated rings.